The molecule has 0 atom stereocenters. The van der Waals surface area contributed by atoms with Gasteiger partial charge >= 0.3 is 0 Å². The largest absolute Gasteiger partial charge is 0.497 e. The summed E-state index contributed by atoms with van der Waals surface area (Å²) in [6, 6.07) is 11.1. The molecule has 0 spiro atoms. The van der Waals surface area contributed by atoms with Gasteiger partial charge < -0.3 is 15.4 Å². The number of anilines is 2. The topological polar surface area (TPSA) is 63.2 Å². The van der Waals surface area contributed by atoms with Gasteiger partial charge in [0, 0.05) is 12.2 Å². The van der Waals surface area contributed by atoms with E-state index in [1.165, 1.54) is 0 Å². The maximum absolute atomic E-state index is 11.7. The van der Waals surface area contributed by atoms with Crippen LogP contribution >= 0.6 is 0 Å². The smallest absolute Gasteiger partial charge is 0.269 e. The molecule has 0 aliphatic carbocycles. The van der Waals surface area contributed by atoms with Crippen molar-refractivity contribution in [2.24, 2.45) is 0 Å². The molecule has 0 aliphatic heterocycles. The van der Waals surface area contributed by atoms with Crippen LogP contribution in [0.2, 0.25) is 0 Å². The summed E-state index contributed by atoms with van der Waals surface area (Å²) in [5, 5.41) is 6.01. The number of hydrogen-bond acceptors (Lipinski definition) is 4. The maximum atomic E-state index is 11.7. The zero-order valence-electron chi connectivity index (χ0n) is 12.2. The molecular formula is C16H19N3O2. The Hall–Kier alpha value is -2.56. The Kier molecular flexibility index (Phi) is 5.15. The summed E-state index contributed by atoms with van der Waals surface area (Å²) in [7, 11) is 1.63. The maximum Gasteiger partial charge on any atom is 0.269 e. The zero-order valence-corrected chi connectivity index (χ0v) is 12.2. The van der Waals surface area contributed by atoms with Crippen LogP contribution in [-0.2, 0) is 0 Å². The summed E-state index contributed by atoms with van der Waals surface area (Å²) in [5.74, 6) is 0.662. The highest BCUT2D eigenvalue weighted by Crippen LogP contribution is 2.19. The van der Waals surface area contributed by atoms with E-state index >= 15 is 0 Å². The van der Waals surface area contributed by atoms with E-state index < -0.39 is 0 Å². The van der Waals surface area contributed by atoms with E-state index in [1.54, 1.807) is 19.4 Å². The minimum Gasteiger partial charge on any atom is -0.497 e. The molecule has 0 unspecified atom stereocenters. The number of aromatic nitrogens is 1. The van der Waals surface area contributed by atoms with Crippen LogP contribution in [-0.4, -0.2) is 24.5 Å². The zero-order chi connectivity index (χ0) is 15.1. The predicted octanol–water partition coefficient (Wildman–Crippen LogP) is 2.97. The average molecular weight is 285 g/mol. The third kappa shape index (κ3) is 4.21. The number of methoxy groups -OCH3 is 1. The van der Waals surface area contributed by atoms with Crippen molar-refractivity contribution in [3.63, 3.8) is 0 Å². The minimum atomic E-state index is -0.146. The molecular weight excluding hydrogens is 266 g/mol. The summed E-state index contributed by atoms with van der Waals surface area (Å²) in [6.45, 7) is 2.67. The molecule has 1 heterocycles. The van der Waals surface area contributed by atoms with E-state index in [0.29, 0.717) is 12.2 Å². The molecule has 0 radical (unpaired) electrons. The molecule has 2 rings (SSSR count). The molecule has 1 aromatic heterocycles. The standard InChI is InChI=1S/C16H19N3O2/c1-3-10-17-16(20)15-9-6-13(11-18-15)19-12-4-7-14(21-2)8-5-12/h4-9,11,19H,3,10H2,1-2H3,(H,17,20). The first kappa shape index (κ1) is 14.8. The fourth-order valence-electron chi connectivity index (χ4n) is 1.77. The highest BCUT2D eigenvalue weighted by molar-refractivity contribution is 5.92. The highest BCUT2D eigenvalue weighted by atomic mass is 16.5. The van der Waals surface area contributed by atoms with E-state index in [0.717, 1.165) is 23.5 Å². The van der Waals surface area contributed by atoms with Gasteiger partial charge in [-0.3, -0.25) is 4.79 Å². The minimum absolute atomic E-state index is 0.146. The molecule has 21 heavy (non-hydrogen) atoms. The Bertz CT molecular complexity index is 579. The van der Waals surface area contributed by atoms with Crippen LogP contribution in [0.25, 0.3) is 0 Å². The van der Waals surface area contributed by atoms with Crippen LogP contribution in [0, 0.1) is 0 Å². The van der Waals surface area contributed by atoms with Gasteiger partial charge in [-0.1, -0.05) is 6.92 Å². The van der Waals surface area contributed by atoms with Crippen molar-refractivity contribution in [3.8, 4) is 5.75 Å². The summed E-state index contributed by atoms with van der Waals surface area (Å²) < 4.78 is 5.11. The second kappa shape index (κ2) is 7.28. The first-order chi connectivity index (χ1) is 10.2. The molecule has 1 aromatic carbocycles. The van der Waals surface area contributed by atoms with Crippen molar-refractivity contribution in [2.75, 3.05) is 19.0 Å². The summed E-state index contributed by atoms with van der Waals surface area (Å²) in [4.78, 5) is 15.9. The van der Waals surface area contributed by atoms with Crippen LogP contribution in [0.15, 0.2) is 42.6 Å². The molecule has 110 valence electrons. The van der Waals surface area contributed by atoms with E-state index in [-0.39, 0.29) is 5.91 Å². The summed E-state index contributed by atoms with van der Waals surface area (Å²) in [6.07, 6.45) is 2.55. The number of amides is 1. The number of carbonyl (C=O) groups excluding carboxylic acids is 1. The van der Waals surface area contributed by atoms with Crippen molar-refractivity contribution in [1.82, 2.24) is 10.3 Å². The second-order valence-electron chi connectivity index (χ2n) is 4.54. The first-order valence-corrected chi connectivity index (χ1v) is 6.88. The van der Waals surface area contributed by atoms with Crippen LogP contribution < -0.4 is 15.4 Å². The van der Waals surface area contributed by atoms with Crippen LogP contribution in [0.1, 0.15) is 23.8 Å². The van der Waals surface area contributed by atoms with Gasteiger partial charge in [-0.05, 0) is 42.8 Å². The van der Waals surface area contributed by atoms with Gasteiger partial charge in [0.05, 0.1) is 19.0 Å². The third-order valence-electron chi connectivity index (χ3n) is 2.91. The summed E-state index contributed by atoms with van der Waals surface area (Å²) in [5.41, 5.74) is 2.18. The quantitative estimate of drug-likeness (QED) is 0.856. The van der Waals surface area contributed by atoms with Gasteiger partial charge in [0.2, 0.25) is 0 Å². The number of pyridine rings is 1. The molecule has 2 N–H and O–H groups in total. The lowest BCUT2D eigenvalue weighted by molar-refractivity contribution is 0.0949. The third-order valence-corrected chi connectivity index (χ3v) is 2.91. The van der Waals surface area contributed by atoms with Crippen molar-refractivity contribution in [1.29, 1.82) is 0 Å². The molecule has 2 aromatic rings. The highest BCUT2D eigenvalue weighted by Gasteiger charge is 2.05. The molecule has 0 fully saturated rings. The van der Waals surface area contributed by atoms with Crippen molar-refractivity contribution >= 4 is 17.3 Å². The molecule has 1 amide bonds. The van der Waals surface area contributed by atoms with Crippen molar-refractivity contribution < 1.29 is 9.53 Å². The van der Waals surface area contributed by atoms with Gasteiger partial charge in [0.1, 0.15) is 11.4 Å². The number of ether oxygens (including phenoxy) is 1. The Morgan fingerprint density at radius 2 is 1.86 bits per heavy atom. The van der Waals surface area contributed by atoms with Crippen LogP contribution in [0.5, 0.6) is 5.75 Å². The van der Waals surface area contributed by atoms with Crippen LogP contribution in [0.4, 0.5) is 11.4 Å². The van der Waals surface area contributed by atoms with Crippen molar-refractivity contribution in [3.05, 3.63) is 48.3 Å². The van der Waals surface area contributed by atoms with Gasteiger partial charge in [-0.2, -0.15) is 0 Å². The lowest BCUT2D eigenvalue weighted by atomic mass is 10.2. The average Bonchev–Trinajstić information content (AvgIpc) is 2.54. The Labute approximate surface area is 124 Å². The molecule has 0 bridgehead atoms. The van der Waals surface area contributed by atoms with Crippen molar-refractivity contribution in [2.45, 2.75) is 13.3 Å². The Balaban J connectivity index is 1.99. The van der Waals surface area contributed by atoms with E-state index in [9.17, 15) is 4.79 Å². The molecule has 0 saturated carbocycles. The fourth-order valence-corrected chi connectivity index (χ4v) is 1.77. The molecule has 5 heteroatoms. The number of carbonyl (C=O) groups is 1. The van der Waals surface area contributed by atoms with Gasteiger partial charge in [-0.15, -0.1) is 0 Å². The van der Waals surface area contributed by atoms with Gasteiger partial charge in [0.15, 0.2) is 0 Å². The fraction of sp³-hybridized carbons (Fsp3) is 0.250. The lowest BCUT2D eigenvalue weighted by Crippen LogP contribution is -2.24. The monoisotopic (exact) mass is 285 g/mol. The van der Waals surface area contributed by atoms with E-state index in [2.05, 4.69) is 15.6 Å². The number of rotatable bonds is 6. The second-order valence-corrected chi connectivity index (χ2v) is 4.54. The van der Waals surface area contributed by atoms with Crippen LogP contribution in [0.3, 0.4) is 0 Å². The van der Waals surface area contributed by atoms with Gasteiger partial charge in [0.25, 0.3) is 5.91 Å². The Morgan fingerprint density at radius 3 is 2.43 bits per heavy atom. The first-order valence-electron chi connectivity index (χ1n) is 6.88. The molecule has 5 nitrogen and oxygen atoms in total. The SMILES string of the molecule is CCCNC(=O)c1ccc(Nc2ccc(OC)cc2)cn1. The normalized spacial score (nSPS) is 10.0. The number of hydrogen-bond donors (Lipinski definition) is 2. The van der Waals surface area contributed by atoms with E-state index in [1.807, 2.05) is 37.3 Å². The lowest BCUT2D eigenvalue weighted by Gasteiger charge is -2.08. The predicted molar refractivity (Wildman–Crippen MR) is 83.1 cm³/mol. The van der Waals surface area contributed by atoms with E-state index in [4.69, 9.17) is 4.74 Å². The van der Waals surface area contributed by atoms with Gasteiger partial charge in [-0.25, -0.2) is 4.98 Å². The molecule has 0 aliphatic rings. The molecule has 0 saturated heterocycles. The number of nitrogens with zero attached hydrogens (tertiary/aromatic N) is 1. The summed E-state index contributed by atoms with van der Waals surface area (Å²) >= 11 is 0. The number of benzene rings is 1. The Morgan fingerprint density at radius 1 is 1.14 bits per heavy atom. The number of nitrogens with one attached hydrogen (secondary N) is 2.